The second-order valence-electron chi connectivity index (χ2n) is 8.57. The molecule has 2 N–H and O–H groups in total. The molecule has 1 atom stereocenters. The van der Waals surface area contributed by atoms with E-state index in [2.05, 4.69) is 10.6 Å². The minimum atomic E-state index is -1.11. The maximum absolute atomic E-state index is 13.8. The SMILES string of the molecule is COc1cccc(N(C(=O)CNC(=O)c2ccco2)[C@@H](C(=O)NC2CCCC2)c2ccc(F)cc2)c1. The van der Waals surface area contributed by atoms with Crippen molar-refractivity contribution < 1.29 is 27.9 Å². The lowest BCUT2D eigenvalue weighted by Gasteiger charge is -2.32. The minimum Gasteiger partial charge on any atom is -0.497 e. The highest BCUT2D eigenvalue weighted by atomic mass is 19.1. The average Bonchev–Trinajstić information content (AvgIpc) is 3.61. The van der Waals surface area contributed by atoms with E-state index in [1.807, 2.05) is 0 Å². The number of amides is 3. The topological polar surface area (TPSA) is 101 Å². The lowest BCUT2D eigenvalue weighted by molar-refractivity contribution is -0.126. The summed E-state index contributed by atoms with van der Waals surface area (Å²) >= 11 is 0. The Morgan fingerprint density at radius 1 is 1.08 bits per heavy atom. The van der Waals surface area contributed by atoms with Crippen LogP contribution >= 0.6 is 0 Å². The molecule has 0 aliphatic heterocycles. The number of benzene rings is 2. The van der Waals surface area contributed by atoms with Crippen molar-refractivity contribution in [3.05, 3.63) is 84.1 Å². The number of halogens is 1. The molecule has 36 heavy (non-hydrogen) atoms. The van der Waals surface area contributed by atoms with Gasteiger partial charge in [0.2, 0.25) is 11.8 Å². The number of anilines is 1. The average molecular weight is 494 g/mol. The third kappa shape index (κ3) is 5.91. The second-order valence-corrected chi connectivity index (χ2v) is 8.57. The van der Waals surface area contributed by atoms with E-state index in [1.165, 1.54) is 48.6 Å². The Morgan fingerprint density at radius 2 is 1.83 bits per heavy atom. The number of nitrogens with zero attached hydrogens (tertiary/aromatic N) is 1. The number of carbonyl (C=O) groups excluding carboxylic acids is 3. The first kappa shape index (κ1) is 25.0. The van der Waals surface area contributed by atoms with Crippen LogP contribution in [0.2, 0.25) is 0 Å². The zero-order valence-electron chi connectivity index (χ0n) is 19.9. The molecule has 8 nitrogen and oxygen atoms in total. The van der Waals surface area contributed by atoms with Gasteiger partial charge in [-0.3, -0.25) is 19.3 Å². The van der Waals surface area contributed by atoms with E-state index in [0.29, 0.717) is 17.0 Å². The Kier molecular flexibility index (Phi) is 7.99. The molecule has 3 aromatic rings. The van der Waals surface area contributed by atoms with Gasteiger partial charge in [-0.05, 0) is 54.8 Å². The molecule has 1 aromatic heterocycles. The number of furan rings is 1. The van der Waals surface area contributed by atoms with Crippen LogP contribution in [0.1, 0.15) is 47.8 Å². The molecule has 0 bridgehead atoms. The van der Waals surface area contributed by atoms with Crippen LogP contribution in [0.3, 0.4) is 0 Å². The second kappa shape index (κ2) is 11.5. The van der Waals surface area contributed by atoms with Crippen LogP contribution in [0.4, 0.5) is 10.1 Å². The van der Waals surface area contributed by atoms with Crippen LogP contribution in [0.5, 0.6) is 5.75 Å². The number of hydrogen-bond acceptors (Lipinski definition) is 5. The third-order valence-corrected chi connectivity index (χ3v) is 6.14. The van der Waals surface area contributed by atoms with Crippen molar-refractivity contribution in [3.8, 4) is 5.75 Å². The zero-order valence-corrected chi connectivity index (χ0v) is 19.9. The molecule has 1 heterocycles. The summed E-state index contributed by atoms with van der Waals surface area (Å²) in [7, 11) is 1.50. The molecule has 0 saturated heterocycles. The largest absolute Gasteiger partial charge is 0.497 e. The van der Waals surface area contributed by atoms with Gasteiger partial charge in [-0.1, -0.05) is 31.0 Å². The first-order valence-electron chi connectivity index (χ1n) is 11.8. The summed E-state index contributed by atoms with van der Waals surface area (Å²) in [5.41, 5.74) is 0.822. The van der Waals surface area contributed by atoms with E-state index in [0.717, 1.165) is 25.7 Å². The fourth-order valence-corrected chi connectivity index (χ4v) is 4.35. The highest BCUT2D eigenvalue weighted by molar-refractivity contribution is 6.04. The van der Waals surface area contributed by atoms with Gasteiger partial charge in [0.05, 0.1) is 19.9 Å². The van der Waals surface area contributed by atoms with Gasteiger partial charge in [-0.15, -0.1) is 0 Å². The molecule has 1 fully saturated rings. The van der Waals surface area contributed by atoms with Gasteiger partial charge in [-0.25, -0.2) is 4.39 Å². The fraction of sp³-hybridized carbons (Fsp3) is 0.296. The van der Waals surface area contributed by atoms with Gasteiger partial charge in [0, 0.05) is 17.8 Å². The number of nitrogens with one attached hydrogen (secondary N) is 2. The Morgan fingerprint density at radius 3 is 2.50 bits per heavy atom. The number of carbonyl (C=O) groups is 3. The van der Waals surface area contributed by atoms with E-state index >= 15 is 0 Å². The zero-order chi connectivity index (χ0) is 25.5. The molecule has 188 valence electrons. The molecular weight excluding hydrogens is 465 g/mol. The molecule has 1 aliphatic carbocycles. The van der Waals surface area contributed by atoms with Crippen LogP contribution in [-0.2, 0) is 9.59 Å². The van der Waals surface area contributed by atoms with Gasteiger partial charge in [0.1, 0.15) is 17.6 Å². The smallest absolute Gasteiger partial charge is 0.287 e. The van der Waals surface area contributed by atoms with Gasteiger partial charge in [-0.2, -0.15) is 0 Å². The van der Waals surface area contributed by atoms with Crippen molar-refractivity contribution in [3.63, 3.8) is 0 Å². The first-order valence-corrected chi connectivity index (χ1v) is 11.8. The normalized spacial score (nSPS) is 14.2. The van der Waals surface area contributed by atoms with Crippen molar-refractivity contribution >= 4 is 23.4 Å². The van der Waals surface area contributed by atoms with Gasteiger partial charge in [0.25, 0.3) is 5.91 Å². The number of methoxy groups -OCH3 is 1. The predicted octanol–water partition coefficient (Wildman–Crippen LogP) is 3.99. The summed E-state index contributed by atoms with van der Waals surface area (Å²) in [6, 6.07) is 14.1. The Bertz CT molecular complexity index is 1190. The summed E-state index contributed by atoms with van der Waals surface area (Å²) in [6.07, 6.45) is 5.10. The lowest BCUT2D eigenvalue weighted by atomic mass is 10.0. The summed E-state index contributed by atoms with van der Waals surface area (Å²) in [4.78, 5) is 41.0. The number of ether oxygens (including phenoxy) is 1. The molecule has 1 aliphatic rings. The monoisotopic (exact) mass is 493 g/mol. The van der Waals surface area contributed by atoms with Crippen molar-refractivity contribution in [1.82, 2.24) is 10.6 Å². The molecule has 0 spiro atoms. The summed E-state index contributed by atoms with van der Waals surface area (Å²) in [5.74, 6) is -1.41. The predicted molar refractivity (Wildman–Crippen MR) is 131 cm³/mol. The standard InChI is InChI=1S/C27H28FN3O5/c1-35-22-9-4-8-21(16-22)31(24(32)17-29-26(33)23-10-5-15-36-23)25(18-11-13-19(28)14-12-18)27(34)30-20-6-2-3-7-20/h4-5,8-16,20,25H,2-3,6-7,17H2,1H3,(H,29,33)(H,30,34)/t25-/m1/s1. The molecule has 0 unspecified atom stereocenters. The van der Waals surface area contributed by atoms with Crippen molar-refractivity contribution in [2.75, 3.05) is 18.6 Å². The van der Waals surface area contributed by atoms with Crippen LogP contribution in [-0.4, -0.2) is 37.4 Å². The van der Waals surface area contributed by atoms with E-state index < -0.39 is 30.2 Å². The fourth-order valence-electron chi connectivity index (χ4n) is 4.35. The Hall–Kier alpha value is -4.14. The van der Waals surface area contributed by atoms with E-state index in [1.54, 1.807) is 30.3 Å². The van der Waals surface area contributed by atoms with Crippen LogP contribution < -0.4 is 20.3 Å². The van der Waals surface area contributed by atoms with Gasteiger partial charge < -0.3 is 19.8 Å². The summed E-state index contributed by atoms with van der Waals surface area (Å²) < 4.78 is 24.2. The van der Waals surface area contributed by atoms with E-state index in [4.69, 9.17) is 9.15 Å². The van der Waals surface area contributed by atoms with Crippen LogP contribution in [0.25, 0.3) is 0 Å². The molecule has 2 aromatic carbocycles. The minimum absolute atomic E-state index is 0.00126. The maximum Gasteiger partial charge on any atom is 0.287 e. The van der Waals surface area contributed by atoms with Gasteiger partial charge >= 0.3 is 0 Å². The van der Waals surface area contributed by atoms with Crippen LogP contribution in [0.15, 0.2) is 71.3 Å². The van der Waals surface area contributed by atoms with E-state index in [9.17, 15) is 18.8 Å². The first-order chi connectivity index (χ1) is 17.5. The highest BCUT2D eigenvalue weighted by Gasteiger charge is 2.34. The highest BCUT2D eigenvalue weighted by Crippen LogP contribution is 2.31. The lowest BCUT2D eigenvalue weighted by Crippen LogP contribution is -2.49. The molecule has 0 radical (unpaired) electrons. The van der Waals surface area contributed by atoms with Gasteiger partial charge in [0.15, 0.2) is 5.76 Å². The van der Waals surface area contributed by atoms with Crippen molar-refractivity contribution in [2.24, 2.45) is 0 Å². The molecule has 1 saturated carbocycles. The molecular formula is C27H28FN3O5. The molecule has 4 rings (SSSR count). The molecule has 3 amide bonds. The Balaban J connectivity index is 1.70. The number of hydrogen-bond donors (Lipinski definition) is 2. The third-order valence-electron chi connectivity index (χ3n) is 6.14. The van der Waals surface area contributed by atoms with Crippen LogP contribution in [0, 0.1) is 5.82 Å². The number of rotatable bonds is 9. The quantitative estimate of drug-likeness (QED) is 0.470. The van der Waals surface area contributed by atoms with Crippen molar-refractivity contribution in [2.45, 2.75) is 37.8 Å². The summed E-state index contributed by atoms with van der Waals surface area (Å²) in [6.45, 7) is -0.398. The Labute approximate surface area is 208 Å². The van der Waals surface area contributed by atoms with E-state index in [-0.39, 0.29) is 17.7 Å². The van der Waals surface area contributed by atoms with Crippen molar-refractivity contribution in [1.29, 1.82) is 0 Å². The summed E-state index contributed by atoms with van der Waals surface area (Å²) in [5, 5.41) is 5.60. The molecule has 9 heteroatoms. The maximum atomic E-state index is 13.8.